The van der Waals surface area contributed by atoms with Gasteiger partial charge in [0, 0.05) is 25.4 Å². The van der Waals surface area contributed by atoms with E-state index in [4.69, 9.17) is 0 Å². The Balaban J connectivity index is 2.73. The Hall–Kier alpha value is -1.16. The van der Waals surface area contributed by atoms with E-state index in [-0.39, 0.29) is 18.2 Å². The number of aliphatic hydroxyl groups excluding tert-OH is 1. The third-order valence-electron chi connectivity index (χ3n) is 2.27. The highest BCUT2D eigenvalue weighted by atomic mass is 19.1. The van der Waals surface area contributed by atoms with Gasteiger partial charge in [0.15, 0.2) is 0 Å². The molecule has 1 unspecified atom stereocenters. The van der Waals surface area contributed by atoms with E-state index in [1.165, 1.54) is 0 Å². The van der Waals surface area contributed by atoms with E-state index in [0.29, 0.717) is 12.4 Å². The molecule has 1 atom stereocenters. The molecule has 0 aliphatic heterocycles. The molecule has 15 heavy (non-hydrogen) atoms. The van der Waals surface area contributed by atoms with Gasteiger partial charge in [0.25, 0.3) is 0 Å². The van der Waals surface area contributed by atoms with Crippen LogP contribution in [0.15, 0.2) is 24.8 Å². The maximum atomic E-state index is 12.5. The van der Waals surface area contributed by atoms with Crippen LogP contribution in [0.2, 0.25) is 0 Å². The molecular formula is C11H17FN2O. The molecule has 1 aromatic heterocycles. The van der Waals surface area contributed by atoms with Gasteiger partial charge in [-0.15, -0.1) is 0 Å². The number of halogens is 1. The number of nitrogens with zero attached hydrogens (tertiary/aromatic N) is 2. The smallest absolute Gasteiger partial charge is 0.137 e. The Kier molecular flexibility index (Phi) is 4.03. The highest BCUT2D eigenvalue weighted by molar-refractivity contribution is 4.98. The lowest BCUT2D eigenvalue weighted by molar-refractivity contribution is 0.113. The molecule has 0 amide bonds. The van der Waals surface area contributed by atoms with Crippen LogP contribution in [0.25, 0.3) is 0 Å². The van der Waals surface area contributed by atoms with Crippen molar-refractivity contribution in [3.63, 3.8) is 0 Å². The van der Waals surface area contributed by atoms with E-state index in [9.17, 15) is 9.50 Å². The number of aryl methyl sites for hydroxylation is 1. The number of rotatable bonds is 5. The Bertz CT molecular complexity index is 333. The molecule has 0 bridgehead atoms. The molecular weight excluding hydrogens is 195 g/mol. The summed E-state index contributed by atoms with van der Waals surface area (Å²) in [6, 6.07) is 0. The third kappa shape index (κ3) is 3.16. The molecule has 4 heteroatoms. The van der Waals surface area contributed by atoms with Crippen molar-refractivity contribution in [1.82, 2.24) is 9.55 Å². The lowest BCUT2D eigenvalue weighted by Crippen LogP contribution is -2.13. The summed E-state index contributed by atoms with van der Waals surface area (Å²) in [5.74, 6) is 0.333. The summed E-state index contributed by atoms with van der Waals surface area (Å²) in [6.07, 6.45) is 3.01. The zero-order valence-corrected chi connectivity index (χ0v) is 9.15. The first-order valence-electron chi connectivity index (χ1n) is 5.04. The molecule has 1 rings (SSSR count). The summed E-state index contributed by atoms with van der Waals surface area (Å²) in [5, 5.41) is 9.83. The van der Waals surface area contributed by atoms with Crippen molar-refractivity contribution >= 4 is 0 Å². The van der Waals surface area contributed by atoms with Crippen molar-refractivity contribution in [2.45, 2.75) is 32.9 Å². The van der Waals surface area contributed by atoms with E-state index in [0.717, 1.165) is 0 Å². The number of aliphatic hydroxyl groups is 1. The first kappa shape index (κ1) is 11.9. The monoisotopic (exact) mass is 212 g/mol. The van der Waals surface area contributed by atoms with Crippen LogP contribution < -0.4 is 0 Å². The van der Waals surface area contributed by atoms with E-state index in [2.05, 4.69) is 11.6 Å². The van der Waals surface area contributed by atoms with Gasteiger partial charge in [-0.2, -0.15) is 0 Å². The van der Waals surface area contributed by atoms with Crippen LogP contribution in [0.3, 0.4) is 0 Å². The van der Waals surface area contributed by atoms with Crippen LogP contribution in [0.4, 0.5) is 4.39 Å². The standard InChI is InChI=1S/C11H17FN2O/c1-8(2)10(15)11-13-5-7-14(11)6-4-9(3)12/h5,7-8,10,15H,3-4,6H2,1-2H3. The average molecular weight is 212 g/mol. The summed E-state index contributed by atoms with van der Waals surface area (Å²) in [4.78, 5) is 4.08. The zero-order valence-electron chi connectivity index (χ0n) is 9.15. The van der Waals surface area contributed by atoms with Crippen LogP contribution in [0.5, 0.6) is 0 Å². The maximum absolute atomic E-state index is 12.5. The first-order chi connectivity index (χ1) is 7.02. The highest BCUT2D eigenvalue weighted by Gasteiger charge is 2.17. The van der Waals surface area contributed by atoms with Crippen molar-refractivity contribution in [2.24, 2.45) is 5.92 Å². The molecule has 0 aliphatic rings. The molecule has 1 heterocycles. The second kappa shape index (κ2) is 5.07. The number of hydrogen-bond donors (Lipinski definition) is 1. The molecule has 84 valence electrons. The minimum Gasteiger partial charge on any atom is -0.385 e. The van der Waals surface area contributed by atoms with Gasteiger partial charge in [0.1, 0.15) is 11.9 Å². The molecule has 0 saturated carbocycles. The second-order valence-electron chi connectivity index (χ2n) is 3.93. The summed E-state index contributed by atoms with van der Waals surface area (Å²) in [6.45, 7) is 7.50. The van der Waals surface area contributed by atoms with Gasteiger partial charge in [-0.05, 0) is 5.92 Å². The van der Waals surface area contributed by atoms with E-state index >= 15 is 0 Å². The molecule has 0 radical (unpaired) electrons. The minimum atomic E-state index is -0.604. The van der Waals surface area contributed by atoms with Crippen LogP contribution in [0, 0.1) is 5.92 Å². The van der Waals surface area contributed by atoms with Gasteiger partial charge in [0.05, 0.1) is 5.83 Å². The van der Waals surface area contributed by atoms with Crippen molar-refractivity contribution < 1.29 is 9.50 Å². The van der Waals surface area contributed by atoms with Crippen molar-refractivity contribution in [3.05, 3.63) is 30.6 Å². The predicted octanol–water partition coefficient (Wildman–Crippen LogP) is 2.45. The van der Waals surface area contributed by atoms with Gasteiger partial charge in [-0.3, -0.25) is 0 Å². The molecule has 0 fully saturated rings. The largest absolute Gasteiger partial charge is 0.385 e. The zero-order chi connectivity index (χ0) is 11.4. The SMILES string of the molecule is C=C(F)CCn1ccnc1C(O)C(C)C. The molecule has 1 N–H and O–H groups in total. The van der Waals surface area contributed by atoms with Crippen molar-refractivity contribution in [3.8, 4) is 0 Å². The van der Waals surface area contributed by atoms with Crippen molar-refractivity contribution in [2.75, 3.05) is 0 Å². The summed E-state index contributed by atoms with van der Waals surface area (Å²) < 4.78 is 14.3. The number of aromatic nitrogens is 2. The van der Waals surface area contributed by atoms with E-state index in [1.807, 2.05) is 13.8 Å². The second-order valence-corrected chi connectivity index (χ2v) is 3.93. The molecule has 3 nitrogen and oxygen atoms in total. The summed E-state index contributed by atoms with van der Waals surface area (Å²) in [5.41, 5.74) is 0. The normalized spacial score (nSPS) is 13.1. The summed E-state index contributed by atoms with van der Waals surface area (Å²) in [7, 11) is 0. The topological polar surface area (TPSA) is 38.0 Å². The fourth-order valence-electron chi connectivity index (χ4n) is 1.32. The van der Waals surface area contributed by atoms with Gasteiger partial charge < -0.3 is 9.67 Å². The average Bonchev–Trinajstić information content (AvgIpc) is 2.60. The van der Waals surface area contributed by atoms with Gasteiger partial charge >= 0.3 is 0 Å². The maximum Gasteiger partial charge on any atom is 0.137 e. The number of allylic oxidation sites excluding steroid dienone is 1. The lowest BCUT2D eigenvalue weighted by atomic mass is 10.1. The molecule has 0 saturated heterocycles. The molecule has 0 spiro atoms. The quantitative estimate of drug-likeness (QED) is 0.814. The van der Waals surface area contributed by atoms with Crippen molar-refractivity contribution in [1.29, 1.82) is 0 Å². The Labute approximate surface area is 89.3 Å². The first-order valence-corrected chi connectivity index (χ1v) is 5.04. The molecule has 0 aliphatic carbocycles. The third-order valence-corrected chi connectivity index (χ3v) is 2.27. The van der Waals surface area contributed by atoms with E-state index in [1.54, 1.807) is 17.0 Å². The number of imidazole rings is 1. The van der Waals surface area contributed by atoms with Gasteiger partial charge in [-0.1, -0.05) is 20.4 Å². The van der Waals surface area contributed by atoms with E-state index < -0.39 is 6.10 Å². The van der Waals surface area contributed by atoms with Crippen LogP contribution in [-0.2, 0) is 6.54 Å². The lowest BCUT2D eigenvalue weighted by Gasteiger charge is -2.15. The van der Waals surface area contributed by atoms with Gasteiger partial charge in [-0.25, -0.2) is 9.37 Å². The fraction of sp³-hybridized carbons (Fsp3) is 0.545. The predicted molar refractivity (Wildman–Crippen MR) is 56.9 cm³/mol. The van der Waals surface area contributed by atoms with Crippen LogP contribution >= 0.6 is 0 Å². The molecule has 1 aromatic rings. The van der Waals surface area contributed by atoms with Gasteiger partial charge in [0.2, 0.25) is 0 Å². The fourth-order valence-corrected chi connectivity index (χ4v) is 1.32. The molecule has 0 aromatic carbocycles. The summed E-state index contributed by atoms with van der Waals surface area (Å²) >= 11 is 0. The number of hydrogen-bond acceptors (Lipinski definition) is 2. The minimum absolute atomic E-state index is 0.0970. The van der Waals surface area contributed by atoms with Crippen LogP contribution in [-0.4, -0.2) is 14.7 Å². The Morgan fingerprint density at radius 1 is 1.67 bits per heavy atom. The highest BCUT2D eigenvalue weighted by Crippen LogP contribution is 2.20. The Morgan fingerprint density at radius 2 is 2.33 bits per heavy atom. The Morgan fingerprint density at radius 3 is 2.87 bits per heavy atom. The van der Waals surface area contributed by atoms with Crippen LogP contribution in [0.1, 0.15) is 32.2 Å².